The molecule has 0 rings (SSSR count). The van der Waals surface area contributed by atoms with E-state index in [1.807, 2.05) is 0 Å². The first kappa shape index (κ1) is 13.9. The molecule has 0 aromatic heterocycles. The molecule has 1 unspecified atom stereocenters. The summed E-state index contributed by atoms with van der Waals surface area (Å²) < 4.78 is 0. The van der Waals surface area contributed by atoms with Crippen LogP contribution in [0.4, 0.5) is 0 Å². The lowest BCUT2D eigenvalue weighted by Gasteiger charge is -2.33. The second-order valence-corrected chi connectivity index (χ2v) is 5.03. The molecule has 0 aliphatic heterocycles. The molecule has 86 valence electrons. The van der Waals surface area contributed by atoms with E-state index in [1.54, 1.807) is 0 Å². The molecule has 0 aliphatic rings. The summed E-state index contributed by atoms with van der Waals surface area (Å²) in [6.45, 7) is 14.7. The molecule has 0 bridgehead atoms. The highest BCUT2D eigenvalue weighted by Crippen LogP contribution is 2.21. The molecule has 0 saturated heterocycles. The van der Waals surface area contributed by atoms with Gasteiger partial charge < -0.3 is 10.2 Å². The minimum atomic E-state index is 0.412. The third kappa shape index (κ3) is 5.61. The Morgan fingerprint density at radius 2 is 1.86 bits per heavy atom. The van der Waals surface area contributed by atoms with Crippen LogP contribution in [0.2, 0.25) is 0 Å². The van der Waals surface area contributed by atoms with Crippen LogP contribution in [0.1, 0.15) is 41.0 Å². The highest BCUT2D eigenvalue weighted by atomic mass is 15.1. The summed E-state index contributed by atoms with van der Waals surface area (Å²) in [7, 11) is 2.20. The van der Waals surface area contributed by atoms with Crippen LogP contribution in [0, 0.1) is 5.41 Å². The molecule has 0 radical (unpaired) electrons. The van der Waals surface area contributed by atoms with E-state index in [-0.39, 0.29) is 0 Å². The molecule has 0 amide bonds. The van der Waals surface area contributed by atoms with Gasteiger partial charge in [-0.25, -0.2) is 0 Å². The predicted molar refractivity (Wildman–Crippen MR) is 64.7 cm³/mol. The van der Waals surface area contributed by atoms with Crippen molar-refractivity contribution in [3.05, 3.63) is 0 Å². The van der Waals surface area contributed by atoms with Gasteiger partial charge in [0, 0.05) is 19.1 Å². The van der Waals surface area contributed by atoms with Gasteiger partial charge in [-0.15, -0.1) is 0 Å². The Balaban J connectivity index is 4.03. The van der Waals surface area contributed by atoms with Crippen LogP contribution < -0.4 is 5.32 Å². The first-order valence-corrected chi connectivity index (χ1v) is 5.85. The lowest BCUT2D eigenvalue weighted by atomic mass is 9.86. The Hall–Kier alpha value is -0.0800. The van der Waals surface area contributed by atoms with Crippen LogP contribution in [-0.4, -0.2) is 37.6 Å². The highest BCUT2D eigenvalue weighted by Gasteiger charge is 2.23. The van der Waals surface area contributed by atoms with Gasteiger partial charge >= 0.3 is 0 Å². The van der Waals surface area contributed by atoms with Gasteiger partial charge in [0.05, 0.1) is 0 Å². The highest BCUT2D eigenvalue weighted by molar-refractivity contribution is 4.79. The minimum absolute atomic E-state index is 0.412. The number of hydrogen-bond donors (Lipinski definition) is 1. The third-order valence-electron chi connectivity index (χ3n) is 2.98. The van der Waals surface area contributed by atoms with Crippen molar-refractivity contribution in [2.45, 2.75) is 47.1 Å². The summed E-state index contributed by atoms with van der Waals surface area (Å²) in [6, 6.07) is 0.591. The van der Waals surface area contributed by atoms with Crippen molar-refractivity contribution in [1.82, 2.24) is 10.2 Å². The lowest BCUT2D eigenvalue weighted by molar-refractivity contribution is 0.182. The number of hydrogen-bond acceptors (Lipinski definition) is 2. The normalized spacial score (nSPS) is 16.3. The van der Waals surface area contributed by atoms with E-state index >= 15 is 0 Å². The van der Waals surface area contributed by atoms with Gasteiger partial charge in [0.2, 0.25) is 0 Å². The summed E-state index contributed by atoms with van der Waals surface area (Å²) in [5, 5.41) is 3.54. The van der Waals surface area contributed by atoms with Gasteiger partial charge in [-0.05, 0) is 25.4 Å². The quantitative estimate of drug-likeness (QED) is 0.678. The Kier molecular flexibility index (Phi) is 6.38. The summed E-state index contributed by atoms with van der Waals surface area (Å²) in [5.74, 6) is 0. The van der Waals surface area contributed by atoms with E-state index in [0.717, 1.165) is 13.1 Å². The molecule has 0 aromatic carbocycles. The Morgan fingerprint density at radius 1 is 1.29 bits per heavy atom. The molecular weight excluding hydrogens is 172 g/mol. The second kappa shape index (κ2) is 6.41. The molecule has 0 aromatic rings. The maximum atomic E-state index is 3.54. The van der Waals surface area contributed by atoms with Crippen LogP contribution in [0.5, 0.6) is 0 Å². The standard InChI is InChI=1S/C12H28N2/c1-7-12(5,9-13-11(3)4)10-14(6)8-2/h11,13H,7-10H2,1-6H3. The van der Waals surface area contributed by atoms with Gasteiger partial charge in [0.15, 0.2) is 0 Å². The first-order chi connectivity index (χ1) is 6.43. The van der Waals surface area contributed by atoms with E-state index < -0.39 is 0 Å². The molecule has 0 saturated carbocycles. The fraction of sp³-hybridized carbons (Fsp3) is 1.00. The van der Waals surface area contributed by atoms with E-state index in [4.69, 9.17) is 0 Å². The van der Waals surface area contributed by atoms with Crippen LogP contribution in [0.25, 0.3) is 0 Å². The second-order valence-electron chi connectivity index (χ2n) is 5.03. The number of nitrogens with zero attached hydrogens (tertiary/aromatic N) is 1. The number of rotatable bonds is 7. The molecule has 0 heterocycles. The first-order valence-electron chi connectivity index (χ1n) is 5.85. The maximum absolute atomic E-state index is 3.54. The van der Waals surface area contributed by atoms with Crippen molar-refractivity contribution in [3.8, 4) is 0 Å². The number of nitrogens with one attached hydrogen (secondary N) is 1. The molecule has 1 N–H and O–H groups in total. The molecule has 2 heteroatoms. The monoisotopic (exact) mass is 200 g/mol. The summed E-state index contributed by atoms with van der Waals surface area (Å²) in [6.07, 6.45) is 1.23. The van der Waals surface area contributed by atoms with E-state index in [0.29, 0.717) is 11.5 Å². The van der Waals surface area contributed by atoms with Gasteiger partial charge in [-0.2, -0.15) is 0 Å². The van der Waals surface area contributed by atoms with Gasteiger partial charge in [-0.3, -0.25) is 0 Å². The molecule has 0 fully saturated rings. The zero-order chi connectivity index (χ0) is 11.2. The lowest BCUT2D eigenvalue weighted by Crippen LogP contribution is -2.42. The zero-order valence-electron chi connectivity index (χ0n) is 10.9. The fourth-order valence-electron chi connectivity index (χ4n) is 1.51. The van der Waals surface area contributed by atoms with Crippen LogP contribution in [0.15, 0.2) is 0 Å². The largest absolute Gasteiger partial charge is 0.314 e. The Labute approximate surface area is 90.1 Å². The predicted octanol–water partition coefficient (Wildman–Crippen LogP) is 2.35. The van der Waals surface area contributed by atoms with Crippen molar-refractivity contribution in [3.63, 3.8) is 0 Å². The van der Waals surface area contributed by atoms with E-state index in [2.05, 4.69) is 51.9 Å². The van der Waals surface area contributed by atoms with Gasteiger partial charge in [0.25, 0.3) is 0 Å². The van der Waals surface area contributed by atoms with Crippen molar-refractivity contribution in [1.29, 1.82) is 0 Å². The Bertz CT molecular complexity index is 145. The summed E-state index contributed by atoms with van der Waals surface area (Å²) >= 11 is 0. The smallest absolute Gasteiger partial charge is 0.00442 e. The average Bonchev–Trinajstić information content (AvgIpc) is 2.14. The van der Waals surface area contributed by atoms with Crippen LogP contribution in [0.3, 0.4) is 0 Å². The SMILES string of the molecule is CCN(C)CC(C)(CC)CNC(C)C. The molecule has 14 heavy (non-hydrogen) atoms. The topological polar surface area (TPSA) is 15.3 Å². The maximum Gasteiger partial charge on any atom is 0.00442 e. The fourth-order valence-corrected chi connectivity index (χ4v) is 1.51. The van der Waals surface area contributed by atoms with Crippen molar-refractivity contribution in [2.24, 2.45) is 5.41 Å². The van der Waals surface area contributed by atoms with Crippen LogP contribution in [-0.2, 0) is 0 Å². The summed E-state index contributed by atoms with van der Waals surface area (Å²) in [4.78, 5) is 2.39. The van der Waals surface area contributed by atoms with E-state index in [1.165, 1.54) is 13.0 Å². The minimum Gasteiger partial charge on any atom is -0.314 e. The van der Waals surface area contributed by atoms with Crippen LogP contribution >= 0.6 is 0 Å². The molecular formula is C12H28N2. The molecule has 0 spiro atoms. The molecule has 0 aliphatic carbocycles. The van der Waals surface area contributed by atoms with Crippen molar-refractivity contribution in [2.75, 3.05) is 26.7 Å². The van der Waals surface area contributed by atoms with Gasteiger partial charge in [-0.1, -0.05) is 34.6 Å². The van der Waals surface area contributed by atoms with E-state index in [9.17, 15) is 0 Å². The zero-order valence-corrected chi connectivity index (χ0v) is 10.9. The van der Waals surface area contributed by atoms with Crippen molar-refractivity contribution >= 4 is 0 Å². The summed E-state index contributed by atoms with van der Waals surface area (Å²) in [5.41, 5.74) is 0.412. The average molecular weight is 200 g/mol. The third-order valence-corrected chi connectivity index (χ3v) is 2.98. The molecule has 2 nitrogen and oxygen atoms in total. The molecule has 1 atom stereocenters. The Morgan fingerprint density at radius 3 is 2.21 bits per heavy atom. The van der Waals surface area contributed by atoms with Crippen molar-refractivity contribution < 1.29 is 0 Å². The van der Waals surface area contributed by atoms with Gasteiger partial charge in [0.1, 0.15) is 0 Å².